The molecular formula is C13H24N2O2. The van der Waals surface area contributed by atoms with Gasteiger partial charge in [-0.05, 0) is 12.8 Å². The molecule has 0 N–H and O–H groups in total. The highest BCUT2D eigenvalue weighted by molar-refractivity contribution is 5.75. The second kappa shape index (κ2) is 5.36. The van der Waals surface area contributed by atoms with Gasteiger partial charge in [0.2, 0.25) is 5.91 Å². The van der Waals surface area contributed by atoms with E-state index in [4.69, 9.17) is 4.74 Å². The Balaban J connectivity index is 1.74. The van der Waals surface area contributed by atoms with E-state index in [0.717, 1.165) is 39.3 Å². The third kappa shape index (κ3) is 3.19. The Morgan fingerprint density at radius 3 is 2.35 bits per heavy atom. The number of amides is 1. The fourth-order valence-corrected chi connectivity index (χ4v) is 2.68. The number of piperazine rings is 1. The fraction of sp³-hybridized carbons (Fsp3) is 0.923. The van der Waals surface area contributed by atoms with Crippen LogP contribution in [-0.2, 0) is 9.53 Å². The molecule has 0 aromatic heterocycles. The average Bonchev–Trinajstić information content (AvgIpc) is 3.09. The van der Waals surface area contributed by atoms with Crippen LogP contribution in [0.25, 0.3) is 0 Å². The minimum absolute atomic E-state index is 0.294. The molecular weight excluding hydrogens is 216 g/mol. The first-order valence-corrected chi connectivity index (χ1v) is 6.68. The highest BCUT2D eigenvalue weighted by Crippen LogP contribution is 2.46. The maximum Gasteiger partial charge on any atom is 0.222 e. The van der Waals surface area contributed by atoms with E-state index in [1.807, 2.05) is 11.8 Å². The number of ether oxygens (including phenoxy) is 1. The maximum absolute atomic E-state index is 11.6. The standard InChI is InChI=1S/C13H24N2O2/c1-3-12(16)15-8-6-14(7-9-15)10-13(4-5-13)11-17-2/h3-11H2,1-2H3. The van der Waals surface area contributed by atoms with Crippen molar-refractivity contribution in [2.75, 3.05) is 46.4 Å². The van der Waals surface area contributed by atoms with Gasteiger partial charge >= 0.3 is 0 Å². The number of carbonyl (C=O) groups excluding carboxylic acids is 1. The predicted octanol–water partition coefficient (Wildman–Crippen LogP) is 0.967. The summed E-state index contributed by atoms with van der Waals surface area (Å²) in [6, 6.07) is 0. The topological polar surface area (TPSA) is 32.8 Å². The Bertz CT molecular complexity index is 269. The molecule has 98 valence electrons. The van der Waals surface area contributed by atoms with Gasteiger partial charge in [-0.25, -0.2) is 0 Å². The summed E-state index contributed by atoms with van der Waals surface area (Å²) in [6.07, 6.45) is 3.23. The van der Waals surface area contributed by atoms with Crippen molar-refractivity contribution >= 4 is 5.91 Å². The van der Waals surface area contributed by atoms with Crippen LogP contribution in [0.4, 0.5) is 0 Å². The van der Waals surface area contributed by atoms with Gasteiger partial charge in [0, 0.05) is 51.7 Å². The first-order chi connectivity index (χ1) is 8.19. The molecule has 0 unspecified atom stereocenters. The van der Waals surface area contributed by atoms with Crippen LogP contribution in [0.2, 0.25) is 0 Å². The molecule has 0 radical (unpaired) electrons. The van der Waals surface area contributed by atoms with Gasteiger partial charge in [0.1, 0.15) is 0 Å². The third-order valence-corrected chi connectivity index (χ3v) is 3.99. The van der Waals surface area contributed by atoms with Crippen LogP contribution in [0.3, 0.4) is 0 Å². The monoisotopic (exact) mass is 240 g/mol. The molecule has 1 aliphatic carbocycles. The molecule has 1 saturated heterocycles. The van der Waals surface area contributed by atoms with Gasteiger partial charge in [-0.1, -0.05) is 6.92 Å². The summed E-state index contributed by atoms with van der Waals surface area (Å²) in [7, 11) is 1.79. The van der Waals surface area contributed by atoms with Crippen LogP contribution < -0.4 is 0 Å². The molecule has 0 aromatic rings. The summed E-state index contributed by atoms with van der Waals surface area (Å²) in [6.45, 7) is 7.82. The molecule has 1 amide bonds. The largest absolute Gasteiger partial charge is 0.384 e. The fourth-order valence-electron chi connectivity index (χ4n) is 2.68. The minimum Gasteiger partial charge on any atom is -0.384 e. The minimum atomic E-state index is 0.294. The lowest BCUT2D eigenvalue weighted by Gasteiger charge is -2.36. The molecule has 4 heteroatoms. The molecule has 0 spiro atoms. The van der Waals surface area contributed by atoms with E-state index >= 15 is 0 Å². The van der Waals surface area contributed by atoms with E-state index in [1.54, 1.807) is 7.11 Å². The smallest absolute Gasteiger partial charge is 0.222 e. The van der Waals surface area contributed by atoms with E-state index in [-0.39, 0.29) is 0 Å². The molecule has 2 fully saturated rings. The summed E-state index contributed by atoms with van der Waals surface area (Å²) in [5, 5.41) is 0. The second-order valence-corrected chi connectivity index (χ2v) is 5.44. The van der Waals surface area contributed by atoms with Gasteiger partial charge in [0.25, 0.3) is 0 Å². The summed E-state index contributed by atoms with van der Waals surface area (Å²) < 4.78 is 5.30. The van der Waals surface area contributed by atoms with Crippen molar-refractivity contribution in [2.45, 2.75) is 26.2 Å². The van der Waals surface area contributed by atoms with E-state index in [0.29, 0.717) is 17.7 Å². The van der Waals surface area contributed by atoms with E-state index < -0.39 is 0 Å². The van der Waals surface area contributed by atoms with Crippen molar-refractivity contribution in [3.8, 4) is 0 Å². The van der Waals surface area contributed by atoms with Gasteiger partial charge in [-0.2, -0.15) is 0 Å². The second-order valence-electron chi connectivity index (χ2n) is 5.44. The molecule has 0 bridgehead atoms. The van der Waals surface area contributed by atoms with Crippen molar-refractivity contribution in [2.24, 2.45) is 5.41 Å². The molecule has 4 nitrogen and oxygen atoms in total. The highest BCUT2D eigenvalue weighted by Gasteiger charge is 2.44. The summed E-state index contributed by atoms with van der Waals surface area (Å²) in [4.78, 5) is 16.0. The van der Waals surface area contributed by atoms with E-state index in [2.05, 4.69) is 4.90 Å². The first-order valence-electron chi connectivity index (χ1n) is 6.68. The van der Waals surface area contributed by atoms with Crippen molar-refractivity contribution in [3.05, 3.63) is 0 Å². The van der Waals surface area contributed by atoms with Crippen molar-refractivity contribution in [3.63, 3.8) is 0 Å². The summed E-state index contributed by atoms with van der Waals surface area (Å²) in [5.74, 6) is 0.294. The Hall–Kier alpha value is -0.610. The lowest BCUT2D eigenvalue weighted by molar-refractivity contribution is -0.132. The van der Waals surface area contributed by atoms with Crippen LogP contribution in [0.5, 0.6) is 0 Å². The number of hydrogen-bond acceptors (Lipinski definition) is 3. The number of carbonyl (C=O) groups is 1. The Kier molecular flexibility index (Phi) is 4.05. The van der Waals surface area contributed by atoms with Crippen LogP contribution in [0.1, 0.15) is 26.2 Å². The molecule has 17 heavy (non-hydrogen) atoms. The molecule has 0 atom stereocenters. The van der Waals surface area contributed by atoms with Crippen LogP contribution in [0, 0.1) is 5.41 Å². The highest BCUT2D eigenvalue weighted by atomic mass is 16.5. The molecule has 1 heterocycles. The maximum atomic E-state index is 11.6. The Labute approximate surface area is 104 Å². The van der Waals surface area contributed by atoms with Crippen LogP contribution in [-0.4, -0.2) is 62.1 Å². The molecule has 2 aliphatic rings. The van der Waals surface area contributed by atoms with Gasteiger partial charge in [-0.3, -0.25) is 9.69 Å². The van der Waals surface area contributed by atoms with E-state index in [1.165, 1.54) is 12.8 Å². The van der Waals surface area contributed by atoms with Crippen molar-refractivity contribution < 1.29 is 9.53 Å². The predicted molar refractivity (Wildman–Crippen MR) is 66.9 cm³/mol. The zero-order chi connectivity index (χ0) is 12.3. The lowest BCUT2D eigenvalue weighted by Crippen LogP contribution is -2.50. The van der Waals surface area contributed by atoms with Crippen LogP contribution in [0.15, 0.2) is 0 Å². The lowest BCUT2D eigenvalue weighted by atomic mass is 10.1. The molecule has 1 saturated carbocycles. The number of rotatable bonds is 5. The van der Waals surface area contributed by atoms with E-state index in [9.17, 15) is 4.79 Å². The zero-order valence-electron chi connectivity index (χ0n) is 11.1. The molecule has 2 rings (SSSR count). The molecule has 1 aliphatic heterocycles. The average molecular weight is 240 g/mol. The normalized spacial score (nSPS) is 23.8. The van der Waals surface area contributed by atoms with Crippen molar-refractivity contribution in [1.82, 2.24) is 9.80 Å². The van der Waals surface area contributed by atoms with Gasteiger partial charge in [-0.15, -0.1) is 0 Å². The summed E-state index contributed by atoms with van der Waals surface area (Å²) in [5.41, 5.74) is 0.436. The van der Waals surface area contributed by atoms with Crippen LogP contribution >= 0.6 is 0 Å². The van der Waals surface area contributed by atoms with Gasteiger partial charge < -0.3 is 9.64 Å². The zero-order valence-corrected chi connectivity index (χ0v) is 11.1. The SMILES string of the molecule is CCC(=O)N1CCN(CC2(COC)CC2)CC1. The molecule has 0 aromatic carbocycles. The quantitative estimate of drug-likeness (QED) is 0.718. The number of nitrogens with zero attached hydrogens (tertiary/aromatic N) is 2. The van der Waals surface area contributed by atoms with Crippen molar-refractivity contribution in [1.29, 1.82) is 0 Å². The number of hydrogen-bond donors (Lipinski definition) is 0. The van der Waals surface area contributed by atoms with Gasteiger partial charge in [0.15, 0.2) is 0 Å². The Morgan fingerprint density at radius 1 is 1.24 bits per heavy atom. The Morgan fingerprint density at radius 2 is 1.88 bits per heavy atom. The third-order valence-electron chi connectivity index (χ3n) is 3.99. The summed E-state index contributed by atoms with van der Waals surface area (Å²) >= 11 is 0. The number of methoxy groups -OCH3 is 1. The first kappa shape index (κ1) is 12.8. The van der Waals surface area contributed by atoms with Gasteiger partial charge in [0.05, 0.1) is 6.61 Å².